The summed E-state index contributed by atoms with van der Waals surface area (Å²) in [4.78, 5) is 18.7. The molecule has 0 radical (unpaired) electrons. The first kappa shape index (κ1) is 23.0. The van der Waals surface area contributed by atoms with Crippen molar-refractivity contribution >= 4 is 11.9 Å². The highest BCUT2D eigenvalue weighted by Gasteiger charge is 2.26. The van der Waals surface area contributed by atoms with E-state index in [0.29, 0.717) is 54.1 Å². The maximum atomic E-state index is 14.2. The van der Waals surface area contributed by atoms with Gasteiger partial charge < -0.3 is 15.0 Å². The molecule has 2 aromatic rings. The third-order valence-corrected chi connectivity index (χ3v) is 5.16. The molecule has 1 aliphatic heterocycles. The summed E-state index contributed by atoms with van der Waals surface area (Å²) in [7, 11) is 0. The van der Waals surface area contributed by atoms with Crippen LogP contribution in [-0.4, -0.2) is 35.8 Å². The molecule has 1 fully saturated rings. The van der Waals surface area contributed by atoms with Crippen LogP contribution in [0.3, 0.4) is 0 Å². The van der Waals surface area contributed by atoms with Crippen LogP contribution in [0.1, 0.15) is 50.4 Å². The Morgan fingerprint density at radius 1 is 1.22 bits per heavy atom. The van der Waals surface area contributed by atoms with Gasteiger partial charge in [0.05, 0.1) is 5.56 Å². The molecule has 166 valence electrons. The van der Waals surface area contributed by atoms with Gasteiger partial charge in [-0.2, -0.15) is 10.5 Å². The number of aromatic nitrogens is 1. The van der Waals surface area contributed by atoms with Gasteiger partial charge in [-0.15, -0.1) is 0 Å². The molecule has 0 bridgehead atoms. The maximum absolute atomic E-state index is 14.2. The minimum Gasteiger partial charge on any atom is -0.444 e. The standard InChI is InChI=1S/C24H26FN5O2/c1-15-11-19(16-5-6-17(13-26)21(25)12-16)20(14-27)22(28-15)30-9-7-18(8-10-30)29-23(31)32-24(2,3)4/h5-6,11-12,18H,7-10H2,1-4H3,(H,29,31). The summed E-state index contributed by atoms with van der Waals surface area (Å²) in [6, 6.07) is 10.1. The van der Waals surface area contributed by atoms with Crippen molar-refractivity contribution in [3.63, 3.8) is 0 Å². The normalized spacial score (nSPS) is 14.4. The molecule has 7 nitrogen and oxygen atoms in total. The van der Waals surface area contributed by atoms with E-state index in [1.807, 2.05) is 38.7 Å². The van der Waals surface area contributed by atoms with Gasteiger partial charge in [0, 0.05) is 30.4 Å². The van der Waals surface area contributed by atoms with E-state index >= 15 is 0 Å². The Morgan fingerprint density at radius 3 is 2.47 bits per heavy atom. The minimum atomic E-state index is -0.626. The van der Waals surface area contributed by atoms with Crippen molar-refractivity contribution < 1.29 is 13.9 Å². The number of anilines is 1. The molecule has 1 aromatic heterocycles. The molecule has 1 saturated heterocycles. The van der Waals surface area contributed by atoms with Gasteiger partial charge in [-0.25, -0.2) is 14.2 Å². The van der Waals surface area contributed by atoms with E-state index in [1.165, 1.54) is 12.1 Å². The smallest absolute Gasteiger partial charge is 0.407 e. The van der Waals surface area contributed by atoms with Gasteiger partial charge in [-0.05, 0) is 64.3 Å². The number of benzene rings is 1. The number of nitriles is 2. The molecule has 1 amide bonds. The molecule has 2 heterocycles. The number of amides is 1. The molecule has 0 unspecified atom stereocenters. The van der Waals surface area contributed by atoms with Gasteiger partial charge in [0.2, 0.25) is 0 Å². The lowest BCUT2D eigenvalue weighted by Gasteiger charge is -2.34. The van der Waals surface area contributed by atoms with Gasteiger partial charge >= 0.3 is 6.09 Å². The molecule has 32 heavy (non-hydrogen) atoms. The van der Waals surface area contributed by atoms with Gasteiger partial charge in [0.15, 0.2) is 0 Å². The SMILES string of the molecule is Cc1cc(-c2ccc(C#N)c(F)c2)c(C#N)c(N2CCC(NC(=O)OC(C)(C)C)CC2)n1. The van der Waals surface area contributed by atoms with Crippen LogP contribution in [0.4, 0.5) is 15.0 Å². The van der Waals surface area contributed by atoms with Gasteiger partial charge in [-0.1, -0.05) is 6.07 Å². The molecular formula is C24H26FN5O2. The minimum absolute atomic E-state index is 0.0245. The Kier molecular flexibility index (Phi) is 6.64. The molecule has 1 aliphatic rings. The lowest BCUT2D eigenvalue weighted by Crippen LogP contribution is -2.46. The summed E-state index contributed by atoms with van der Waals surface area (Å²) >= 11 is 0. The zero-order valence-corrected chi connectivity index (χ0v) is 18.7. The third-order valence-electron chi connectivity index (χ3n) is 5.16. The number of halogens is 1. The molecule has 0 aliphatic carbocycles. The number of carbonyl (C=O) groups excluding carboxylic acids is 1. The second-order valence-corrected chi connectivity index (χ2v) is 8.84. The highest BCUT2D eigenvalue weighted by Crippen LogP contribution is 2.32. The number of piperidine rings is 1. The van der Waals surface area contributed by atoms with Crippen LogP contribution in [-0.2, 0) is 4.74 Å². The van der Waals surface area contributed by atoms with Gasteiger partial charge in [-0.3, -0.25) is 0 Å². The average molecular weight is 436 g/mol. The Bertz CT molecular complexity index is 1100. The fourth-order valence-electron chi connectivity index (χ4n) is 3.71. The number of aryl methyl sites for hydroxylation is 1. The molecule has 1 N–H and O–H groups in total. The van der Waals surface area contributed by atoms with Crippen LogP contribution in [0, 0.1) is 35.4 Å². The number of hydrogen-bond acceptors (Lipinski definition) is 6. The Morgan fingerprint density at radius 2 is 1.91 bits per heavy atom. The van der Waals surface area contributed by atoms with E-state index in [0.717, 1.165) is 0 Å². The van der Waals surface area contributed by atoms with E-state index in [2.05, 4.69) is 16.4 Å². The fourth-order valence-corrected chi connectivity index (χ4v) is 3.71. The zero-order chi connectivity index (χ0) is 23.5. The predicted octanol–water partition coefficient (Wildman–Crippen LogP) is 4.43. The molecule has 0 saturated carbocycles. The number of ether oxygens (including phenoxy) is 1. The summed E-state index contributed by atoms with van der Waals surface area (Å²) in [6.45, 7) is 8.49. The lowest BCUT2D eigenvalue weighted by molar-refractivity contribution is 0.0497. The van der Waals surface area contributed by atoms with Crippen molar-refractivity contribution in [3.8, 4) is 23.3 Å². The molecule has 3 rings (SSSR count). The molecule has 0 atom stereocenters. The van der Waals surface area contributed by atoms with E-state index in [9.17, 15) is 14.4 Å². The van der Waals surface area contributed by atoms with E-state index in [-0.39, 0.29) is 11.6 Å². The lowest BCUT2D eigenvalue weighted by atomic mass is 9.97. The quantitative estimate of drug-likeness (QED) is 0.765. The second kappa shape index (κ2) is 9.23. The van der Waals surface area contributed by atoms with Crippen molar-refractivity contribution in [2.75, 3.05) is 18.0 Å². The number of nitrogens with zero attached hydrogens (tertiary/aromatic N) is 4. The van der Waals surface area contributed by atoms with Crippen LogP contribution in [0.15, 0.2) is 24.3 Å². The fraction of sp³-hybridized carbons (Fsp3) is 0.417. The van der Waals surface area contributed by atoms with E-state index < -0.39 is 17.5 Å². The first-order valence-corrected chi connectivity index (χ1v) is 10.5. The van der Waals surface area contributed by atoms with Gasteiger partial charge in [0.1, 0.15) is 34.9 Å². The zero-order valence-electron chi connectivity index (χ0n) is 18.7. The first-order chi connectivity index (χ1) is 15.1. The van der Waals surface area contributed by atoms with Gasteiger partial charge in [0.25, 0.3) is 0 Å². The van der Waals surface area contributed by atoms with Crippen molar-refractivity contribution in [3.05, 3.63) is 46.9 Å². The third kappa shape index (κ3) is 5.33. The molecule has 0 spiro atoms. The summed E-state index contributed by atoms with van der Waals surface area (Å²) in [5.41, 5.74) is 1.56. The maximum Gasteiger partial charge on any atom is 0.407 e. The number of alkyl carbamates (subject to hydrolysis) is 1. The van der Waals surface area contributed by atoms with E-state index in [1.54, 1.807) is 12.1 Å². The average Bonchev–Trinajstić information content (AvgIpc) is 2.72. The summed E-state index contributed by atoms with van der Waals surface area (Å²) in [5, 5.41) is 21.8. The van der Waals surface area contributed by atoms with Crippen molar-refractivity contribution in [1.82, 2.24) is 10.3 Å². The number of hydrogen-bond donors (Lipinski definition) is 1. The highest BCUT2D eigenvalue weighted by atomic mass is 19.1. The largest absolute Gasteiger partial charge is 0.444 e. The van der Waals surface area contributed by atoms with Crippen LogP contribution in [0.25, 0.3) is 11.1 Å². The first-order valence-electron chi connectivity index (χ1n) is 10.5. The molecular weight excluding hydrogens is 409 g/mol. The van der Waals surface area contributed by atoms with E-state index in [4.69, 9.17) is 10.00 Å². The van der Waals surface area contributed by atoms with Crippen molar-refractivity contribution in [2.45, 2.75) is 52.2 Å². The summed E-state index contributed by atoms with van der Waals surface area (Å²) in [5.74, 6) is -0.0816. The molecule has 1 aromatic carbocycles. The number of rotatable bonds is 3. The van der Waals surface area contributed by atoms with Crippen LogP contribution < -0.4 is 10.2 Å². The predicted molar refractivity (Wildman–Crippen MR) is 118 cm³/mol. The summed E-state index contributed by atoms with van der Waals surface area (Å²) < 4.78 is 19.5. The van der Waals surface area contributed by atoms with Crippen LogP contribution in [0.5, 0.6) is 0 Å². The number of carbonyl (C=O) groups is 1. The Balaban J connectivity index is 1.81. The molecule has 8 heteroatoms. The number of pyridine rings is 1. The monoisotopic (exact) mass is 435 g/mol. The highest BCUT2D eigenvalue weighted by molar-refractivity contribution is 5.77. The van der Waals surface area contributed by atoms with Crippen molar-refractivity contribution in [1.29, 1.82) is 10.5 Å². The van der Waals surface area contributed by atoms with Crippen molar-refractivity contribution in [2.24, 2.45) is 0 Å². The summed E-state index contributed by atoms with van der Waals surface area (Å²) in [6.07, 6.45) is 0.925. The number of nitrogens with one attached hydrogen (secondary N) is 1. The van der Waals surface area contributed by atoms with Crippen LogP contribution in [0.2, 0.25) is 0 Å². The Hall–Kier alpha value is -3.65. The second-order valence-electron chi connectivity index (χ2n) is 8.84. The Labute approximate surface area is 187 Å². The van der Waals surface area contributed by atoms with Crippen LogP contribution >= 0.6 is 0 Å². The topological polar surface area (TPSA) is 102 Å².